The van der Waals surface area contributed by atoms with Crippen molar-refractivity contribution in [2.45, 2.75) is 44.4 Å². The molecular weight excluding hydrogens is 492 g/mol. The average molecular weight is 521 g/mol. The zero-order chi connectivity index (χ0) is 26.2. The maximum Gasteiger partial charge on any atom is 0.573 e. The second-order valence-corrected chi connectivity index (χ2v) is 9.67. The van der Waals surface area contributed by atoms with Crippen molar-refractivity contribution in [1.82, 2.24) is 20.4 Å². The summed E-state index contributed by atoms with van der Waals surface area (Å²) in [6.45, 7) is 1.93. The quantitative estimate of drug-likeness (QED) is 0.602. The average Bonchev–Trinajstić information content (AvgIpc) is 2.87. The number of ether oxygens (including phenoxy) is 1. The van der Waals surface area contributed by atoms with Gasteiger partial charge >= 0.3 is 6.36 Å². The lowest BCUT2D eigenvalue weighted by molar-refractivity contribution is -0.274. The Labute approximate surface area is 211 Å². The summed E-state index contributed by atoms with van der Waals surface area (Å²) in [7, 11) is 0. The van der Waals surface area contributed by atoms with E-state index in [0.717, 1.165) is 43.9 Å². The number of hydrogen-bond acceptors (Lipinski definition) is 5. The van der Waals surface area contributed by atoms with Gasteiger partial charge in [-0.15, -0.1) is 13.2 Å². The minimum absolute atomic E-state index is 0.0189. The van der Waals surface area contributed by atoms with Crippen molar-refractivity contribution in [2.24, 2.45) is 5.92 Å². The molecule has 3 unspecified atom stereocenters. The van der Waals surface area contributed by atoms with Crippen LogP contribution < -0.4 is 15.4 Å². The van der Waals surface area contributed by atoms with Crippen molar-refractivity contribution < 1.29 is 31.9 Å². The van der Waals surface area contributed by atoms with Crippen LogP contribution in [0.5, 0.6) is 5.75 Å². The number of nitrogens with zero attached hydrogens (tertiary/aromatic N) is 2. The number of halogens is 4. The molecule has 3 fully saturated rings. The molecule has 2 aliphatic heterocycles. The number of fused-ring (bicyclic) bond motifs is 1. The largest absolute Gasteiger partial charge is 0.573 e. The highest BCUT2D eigenvalue weighted by atomic mass is 19.4. The van der Waals surface area contributed by atoms with Gasteiger partial charge in [-0.2, -0.15) is 0 Å². The Morgan fingerprint density at radius 1 is 1.00 bits per heavy atom. The van der Waals surface area contributed by atoms with Crippen molar-refractivity contribution in [3.63, 3.8) is 0 Å². The lowest BCUT2D eigenvalue weighted by Crippen LogP contribution is -2.69. The van der Waals surface area contributed by atoms with Gasteiger partial charge in [0.1, 0.15) is 17.9 Å². The highest BCUT2D eigenvalue weighted by molar-refractivity contribution is 5.95. The molecule has 198 valence electrons. The van der Waals surface area contributed by atoms with Crippen LogP contribution >= 0.6 is 0 Å². The normalized spacial score (nSPS) is 24.8. The molecule has 0 radical (unpaired) electrons. The van der Waals surface area contributed by atoms with Crippen molar-refractivity contribution in [3.05, 3.63) is 53.8 Å². The van der Waals surface area contributed by atoms with Gasteiger partial charge in [0.15, 0.2) is 0 Å². The smallest absolute Gasteiger partial charge is 0.406 e. The summed E-state index contributed by atoms with van der Waals surface area (Å²) in [5, 5.41) is 6.60. The van der Waals surface area contributed by atoms with Gasteiger partial charge in [-0.25, -0.2) is 4.39 Å². The number of piperazine rings is 1. The summed E-state index contributed by atoms with van der Waals surface area (Å²) in [5.74, 6) is -1.40. The summed E-state index contributed by atoms with van der Waals surface area (Å²) in [4.78, 5) is 29.3. The zero-order valence-corrected chi connectivity index (χ0v) is 20.1. The Morgan fingerprint density at radius 3 is 2.49 bits per heavy atom. The number of nitrogens with one attached hydrogen (secondary N) is 2. The number of amides is 2. The monoisotopic (exact) mass is 520 g/mol. The highest BCUT2D eigenvalue weighted by Gasteiger charge is 2.40. The van der Waals surface area contributed by atoms with Crippen LogP contribution in [0.2, 0.25) is 0 Å². The molecule has 0 aromatic heterocycles. The molecule has 3 aliphatic rings. The SMILES string of the molecule is O=C1NC(N2CCN(C(=O)c3ccc(-c4cccc(OC(F)(F)F)c4)c(F)c3)CC2)NC2CCCCC12. The minimum Gasteiger partial charge on any atom is -0.406 e. The number of carbonyl (C=O) groups excluding carboxylic acids is 2. The first-order valence-corrected chi connectivity index (χ1v) is 12.4. The fraction of sp³-hybridized carbons (Fsp3) is 0.462. The predicted molar refractivity (Wildman–Crippen MR) is 127 cm³/mol. The molecule has 7 nitrogen and oxygen atoms in total. The third-order valence-corrected chi connectivity index (χ3v) is 7.31. The van der Waals surface area contributed by atoms with E-state index >= 15 is 0 Å². The van der Waals surface area contributed by atoms with E-state index in [2.05, 4.69) is 20.3 Å². The lowest BCUT2D eigenvalue weighted by atomic mass is 9.82. The maximum atomic E-state index is 14.9. The standard InChI is InChI=1S/C26H28F4N4O3/c27-21-15-17(8-9-19(21)16-4-3-5-18(14-16)37-26(28,29)30)24(36)33-10-12-34(13-11-33)25-31-22-7-2-1-6-20(22)23(35)32-25/h3-5,8-9,14-15,20,22,25,31H,1-2,6-7,10-13H2,(H,32,35). The predicted octanol–water partition coefficient (Wildman–Crippen LogP) is 3.71. The Balaban J connectivity index is 1.21. The third-order valence-electron chi connectivity index (χ3n) is 7.31. The van der Waals surface area contributed by atoms with Crippen molar-refractivity contribution in [3.8, 4) is 16.9 Å². The van der Waals surface area contributed by atoms with Crippen LogP contribution in [0, 0.1) is 11.7 Å². The summed E-state index contributed by atoms with van der Waals surface area (Å²) < 4.78 is 56.4. The summed E-state index contributed by atoms with van der Waals surface area (Å²) in [6, 6.07) is 9.17. The number of alkyl halides is 3. The maximum absolute atomic E-state index is 14.9. The number of benzene rings is 2. The topological polar surface area (TPSA) is 73.9 Å². The van der Waals surface area contributed by atoms with Gasteiger partial charge in [0.25, 0.3) is 5.91 Å². The van der Waals surface area contributed by atoms with E-state index in [1.54, 1.807) is 4.90 Å². The zero-order valence-electron chi connectivity index (χ0n) is 20.1. The van der Waals surface area contributed by atoms with Crippen LogP contribution in [-0.2, 0) is 4.79 Å². The van der Waals surface area contributed by atoms with E-state index in [-0.39, 0.29) is 46.8 Å². The van der Waals surface area contributed by atoms with Crippen molar-refractivity contribution >= 4 is 11.8 Å². The molecule has 2 saturated heterocycles. The third kappa shape index (κ3) is 5.72. The first-order chi connectivity index (χ1) is 17.7. The minimum atomic E-state index is -4.85. The van der Waals surface area contributed by atoms with Gasteiger partial charge in [0.2, 0.25) is 5.91 Å². The van der Waals surface area contributed by atoms with Gasteiger partial charge in [0, 0.05) is 43.3 Å². The molecule has 3 atom stereocenters. The number of carbonyl (C=O) groups is 2. The van der Waals surface area contributed by atoms with Crippen LogP contribution in [0.1, 0.15) is 36.0 Å². The van der Waals surface area contributed by atoms with Gasteiger partial charge in [-0.05, 0) is 42.7 Å². The van der Waals surface area contributed by atoms with Crippen LogP contribution in [-0.4, -0.2) is 66.5 Å². The molecule has 0 spiro atoms. The summed E-state index contributed by atoms with van der Waals surface area (Å²) in [6.07, 6.45) is -1.05. The number of hydrogen-bond donors (Lipinski definition) is 2. The van der Waals surface area contributed by atoms with E-state index in [9.17, 15) is 27.2 Å². The molecular formula is C26H28F4N4O3. The van der Waals surface area contributed by atoms with E-state index < -0.39 is 17.9 Å². The summed E-state index contributed by atoms with van der Waals surface area (Å²) >= 11 is 0. The second kappa shape index (κ2) is 10.3. The van der Waals surface area contributed by atoms with Crippen molar-refractivity contribution in [2.75, 3.05) is 26.2 Å². The fourth-order valence-corrected chi connectivity index (χ4v) is 5.44. The van der Waals surface area contributed by atoms with E-state index in [0.29, 0.717) is 26.2 Å². The summed E-state index contributed by atoms with van der Waals surface area (Å²) in [5.41, 5.74) is 0.426. The second-order valence-electron chi connectivity index (χ2n) is 9.67. The molecule has 0 bridgehead atoms. The fourth-order valence-electron chi connectivity index (χ4n) is 5.44. The highest BCUT2D eigenvalue weighted by Crippen LogP contribution is 2.31. The molecule has 1 aliphatic carbocycles. The Hall–Kier alpha value is -3.18. The Kier molecular flexibility index (Phi) is 7.09. The Bertz CT molecular complexity index is 1170. The molecule has 2 amide bonds. The van der Waals surface area contributed by atoms with Crippen LogP contribution in [0.15, 0.2) is 42.5 Å². The molecule has 2 aromatic rings. The molecule has 2 aromatic carbocycles. The Morgan fingerprint density at radius 2 is 1.76 bits per heavy atom. The molecule has 11 heteroatoms. The molecule has 2 N–H and O–H groups in total. The molecule has 5 rings (SSSR count). The number of rotatable bonds is 4. The van der Waals surface area contributed by atoms with E-state index in [1.165, 1.54) is 24.3 Å². The first-order valence-electron chi connectivity index (χ1n) is 12.4. The molecule has 2 heterocycles. The van der Waals surface area contributed by atoms with Gasteiger partial charge < -0.3 is 15.0 Å². The van der Waals surface area contributed by atoms with Gasteiger partial charge in [-0.3, -0.25) is 19.8 Å². The first kappa shape index (κ1) is 25.5. The molecule has 37 heavy (non-hydrogen) atoms. The van der Waals surface area contributed by atoms with Crippen LogP contribution in [0.4, 0.5) is 17.6 Å². The molecule has 1 saturated carbocycles. The van der Waals surface area contributed by atoms with E-state index in [1.807, 2.05) is 0 Å². The van der Waals surface area contributed by atoms with Crippen molar-refractivity contribution in [1.29, 1.82) is 0 Å². The lowest BCUT2D eigenvalue weighted by Gasteiger charge is -2.46. The van der Waals surface area contributed by atoms with Crippen LogP contribution in [0.3, 0.4) is 0 Å². The van der Waals surface area contributed by atoms with E-state index in [4.69, 9.17) is 0 Å². The van der Waals surface area contributed by atoms with Gasteiger partial charge in [0.05, 0.1) is 5.92 Å². The van der Waals surface area contributed by atoms with Crippen LogP contribution in [0.25, 0.3) is 11.1 Å². The van der Waals surface area contributed by atoms with Gasteiger partial charge in [-0.1, -0.05) is 31.0 Å².